The molecule has 10 heteroatoms. The molecule has 0 spiro atoms. The van der Waals surface area contributed by atoms with Crippen LogP contribution in [0.15, 0.2) is 23.1 Å². The molecular weight excluding hydrogens is 398 g/mol. The van der Waals surface area contributed by atoms with E-state index >= 15 is 0 Å². The van der Waals surface area contributed by atoms with Crippen LogP contribution >= 0.6 is 0 Å². The number of carbonyl (C=O) groups excluding carboxylic acids is 1. The van der Waals surface area contributed by atoms with Gasteiger partial charge in [0.25, 0.3) is 5.91 Å². The Morgan fingerprint density at radius 3 is 2.48 bits per heavy atom. The van der Waals surface area contributed by atoms with Gasteiger partial charge in [0.1, 0.15) is 0 Å². The van der Waals surface area contributed by atoms with Gasteiger partial charge in [-0.2, -0.15) is 4.31 Å². The first-order valence-electron chi connectivity index (χ1n) is 9.82. The van der Waals surface area contributed by atoms with Crippen LogP contribution < -0.4 is 10.1 Å². The lowest BCUT2D eigenvalue weighted by Gasteiger charge is -2.16. The Morgan fingerprint density at radius 1 is 1.24 bits per heavy atom. The van der Waals surface area contributed by atoms with E-state index in [0.29, 0.717) is 19.0 Å². The minimum atomic E-state index is -3.78. The molecule has 1 amide bonds. The molecule has 162 valence electrons. The maximum atomic E-state index is 12.6. The molecule has 1 N–H and O–H groups in total. The SMILES string of the molecule is CC(C)CC[C@@H](C)NC(=O)COc1ccc(S(=O)(=O)N2CCCC2)cc1[N+](=O)[O-]. The van der Waals surface area contributed by atoms with Crippen LogP contribution in [0.1, 0.15) is 46.5 Å². The van der Waals surface area contributed by atoms with E-state index in [0.717, 1.165) is 31.7 Å². The van der Waals surface area contributed by atoms with Gasteiger partial charge in [-0.15, -0.1) is 0 Å². The van der Waals surface area contributed by atoms with Crippen molar-refractivity contribution in [2.75, 3.05) is 19.7 Å². The minimum absolute atomic E-state index is 0.0310. The first-order valence-corrected chi connectivity index (χ1v) is 11.3. The molecule has 1 fully saturated rings. The average molecular weight is 428 g/mol. The molecule has 1 atom stereocenters. The van der Waals surface area contributed by atoms with Gasteiger partial charge in [-0.25, -0.2) is 8.42 Å². The monoisotopic (exact) mass is 427 g/mol. The Morgan fingerprint density at radius 2 is 1.90 bits per heavy atom. The molecule has 0 radical (unpaired) electrons. The number of sulfonamides is 1. The van der Waals surface area contributed by atoms with Crippen molar-refractivity contribution in [1.82, 2.24) is 9.62 Å². The number of nitro groups is 1. The Hall–Kier alpha value is -2.20. The number of nitrogens with one attached hydrogen (secondary N) is 1. The van der Waals surface area contributed by atoms with Crippen molar-refractivity contribution in [3.8, 4) is 5.75 Å². The fourth-order valence-electron chi connectivity index (χ4n) is 3.12. The normalized spacial score (nSPS) is 16.0. The Kier molecular flexibility index (Phi) is 7.97. The number of rotatable bonds is 10. The minimum Gasteiger partial charge on any atom is -0.477 e. The lowest BCUT2D eigenvalue weighted by molar-refractivity contribution is -0.386. The summed E-state index contributed by atoms with van der Waals surface area (Å²) in [5.41, 5.74) is -0.481. The fraction of sp³-hybridized carbons (Fsp3) is 0.632. The van der Waals surface area contributed by atoms with Gasteiger partial charge in [-0.3, -0.25) is 14.9 Å². The van der Waals surface area contributed by atoms with Gasteiger partial charge in [0.05, 0.1) is 9.82 Å². The molecule has 1 saturated heterocycles. The fourth-order valence-corrected chi connectivity index (χ4v) is 4.65. The molecule has 0 aliphatic carbocycles. The summed E-state index contributed by atoms with van der Waals surface area (Å²) in [5, 5.41) is 14.2. The van der Waals surface area contributed by atoms with Gasteiger partial charge in [-0.05, 0) is 50.7 Å². The van der Waals surface area contributed by atoms with Crippen molar-refractivity contribution in [2.24, 2.45) is 5.92 Å². The predicted molar refractivity (Wildman–Crippen MR) is 108 cm³/mol. The highest BCUT2D eigenvalue weighted by Gasteiger charge is 2.30. The molecule has 1 aliphatic heterocycles. The molecule has 0 unspecified atom stereocenters. The maximum Gasteiger partial charge on any atom is 0.312 e. The Balaban J connectivity index is 2.05. The lowest BCUT2D eigenvalue weighted by Crippen LogP contribution is -2.36. The second kappa shape index (κ2) is 10.0. The summed E-state index contributed by atoms with van der Waals surface area (Å²) in [7, 11) is -3.78. The van der Waals surface area contributed by atoms with Crippen molar-refractivity contribution in [1.29, 1.82) is 0 Å². The van der Waals surface area contributed by atoms with Crippen LogP contribution in [0.25, 0.3) is 0 Å². The molecule has 0 aromatic heterocycles. The van der Waals surface area contributed by atoms with Crippen LogP contribution in [0.4, 0.5) is 5.69 Å². The summed E-state index contributed by atoms with van der Waals surface area (Å²) in [6, 6.07) is 3.47. The highest BCUT2D eigenvalue weighted by molar-refractivity contribution is 7.89. The van der Waals surface area contributed by atoms with Gasteiger partial charge >= 0.3 is 5.69 Å². The molecule has 0 bridgehead atoms. The zero-order valence-electron chi connectivity index (χ0n) is 17.1. The van der Waals surface area contributed by atoms with Crippen LogP contribution in [-0.4, -0.2) is 49.3 Å². The van der Waals surface area contributed by atoms with Crippen molar-refractivity contribution in [3.63, 3.8) is 0 Å². The van der Waals surface area contributed by atoms with E-state index in [4.69, 9.17) is 4.74 Å². The van der Waals surface area contributed by atoms with E-state index in [9.17, 15) is 23.3 Å². The predicted octanol–water partition coefficient (Wildman–Crippen LogP) is 2.70. The van der Waals surface area contributed by atoms with E-state index in [1.807, 2.05) is 6.92 Å². The lowest BCUT2D eigenvalue weighted by atomic mass is 10.0. The molecule has 29 heavy (non-hydrogen) atoms. The first-order chi connectivity index (χ1) is 13.6. The van der Waals surface area contributed by atoms with E-state index < -0.39 is 20.6 Å². The number of nitro benzene ring substituents is 1. The van der Waals surface area contributed by atoms with E-state index in [1.165, 1.54) is 16.4 Å². The average Bonchev–Trinajstić information content (AvgIpc) is 3.20. The molecule has 9 nitrogen and oxygen atoms in total. The summed E-state index contributed by atoms with van der Waals surface area (Å²) < 4.78 is 31.9. The summed E-state index contributed by atoms with van der Waals surface area (Å²) in [5.74, 6) is 0.00767. The van der Waals surface area contributed by atoms with E-state index in [2.05, 4.69) is 19.2 Å². The summed E-state index contributed by atoms with van der Waals surface area (Å²) in [6.45, 7) is 6.52. The number of hydrogen-bond acceptors (Lipinski definition) is 6. The van der Waals surface area contributed by atoms with Gasteiger partial charge in [-0.1, -0.05) is 13.8 Å². The van der Waals surface area contributed by atoms with Crippen LogP contribution in [-0.2, 0) is 14.8 Å². The van der Waals surface area contributed by atoms with E-state index in [-0.39, 0.29) is 29.2 Å². The molecular formula is C19H29N3O6S. The highest BCUT2D eigenvalue weighted by Crippen LogP contribution is 2.31. The number of nitrogens with zero attached hydrogens (tertiary/aromatic N) is 2. The maximum absolute atomic E-state index is 12.6. The van der Waals surface area contributed by atoms with Gasteiger partial charge < -0.3 is 10.1 Å². The molecule has 1 aromatic carbocycles. The van der Waals surface area contributed by atoms with Crippen molar-refractivity contribution < 1.29 is 22.9 Å². The number of benzene rings is 1. The summed E-state index contributed by atoms with van der Waals surface area (Å²) in [4.78, 5) is 22.6. The van der Waals surface area contributed by atoms with Crippen LogP contribution in [0, 0.1) is 16.0 Å². The summed E-state index contributed by atoms with van der Waals surface area (Å²) in [6.07, 6.45) is 3.34. The third kappa shape index (κ3) is 6.40. The molecule has 1 aliphatic rings. The van der Waals surface area contributed by atoms with E-state index in [1.54, 1.807) is 0 Å². The molecule has 1 aromatic rings. The van der Waals surface area contributed by atoms with Gasteiger partial charge in [0.2, 0.25) is 10.0 Å². The zero-order chi connectivity index (χ0) is 21.6. The van der Waals surface area contributed by atoms with Crippen LogP contribution in [0.2, 0.25) is 0 Å². The Labute approximate surface area is 171 Å². The van der Waals surface area contributed by atoms with Gasteiger partial charge in [0.15, 0.2) is 12.4 Å². The molecule has 2 rings (SSSR count). The molecule has 1 heterocycles. The van der Waals surface area contributed by atoms with Crippen LogP contribution in [0.5, 0.6) is 5.75 Å². The topological polar surface area (TPSA) is 119 Å². The number of amides is 1. The zero-order valence-corrected chi connectivity index (χ0v) is 17.9. The molecule has 0 saturated carbocycles. The second-order valence-electron chi connectivity index (χ2n) is 7.73. The Bertz CT molecular complexity index is 834. The third-order valence-corrected chi connectivity index (χ3v) is 6.67. The second-order valence-corrected chi connectivity index (χ2v) is 9.66. The number of ether oxygens (including phenoxy) is 1. The van der Waals surface area contributed by atoms with Gasteiger partial charge in [0, 0.05) is 25.2 Å². The van der Waals surface area contributed by atoms with Crippen molar-refractivity contribution in [2.45, 2.75) is 57.4 Å². The van der Waals surface area contributed by atoms with Crippen LogP contribution in [0.3, 0.4) is 0 Å². The smallest absolute Gasteiger partial charge is 0.312 e. The van der Waals surface area contributed by atoms with Crippen molar-refractivity contribution in [3.05, 3.63) is 28.3 Å². The quantitative estimate of drug-likeness (QED) is 0.453. The highest BCUT2D eigenvalue weighted by atomic mass is 32.2. The summed E-state index contributed by atoms with van der Waals surface area (Å²) >= 11 is 0. The standard InChI is InChI=1S/C19H29N3O6S/c1-14(2)6-7-15(3)20-19(23)13-28-18-9-8-16(12-17(18)22(24)25)29(26,27)21-10-4-5-11-21/h8-9,12,14-15H,4-7,10-11,13H2,1-3H3,(H,20,23)/t15-/m1/s1. The third-order valence-electron chi connectivity index (χ3n) is 4.77. The van der Waals surface area contributed by atoms with Crippen molar-refractivity contribution >= 4 is 21.6 Å². The largest absolute Gasteiger partial charge is 0.477 e. The number of hydrogen-bond donors (Lipinski definition) is 1. The number of carbonyl (C=O) groups is 1. The first kappa shape index (κ1) is 23.1.